The van der Waals surface area contributed by atoms with Crippen molar-refractivity contribution in [3.8, 4) is 5.75 Å². The summed E-state index contributed by atoms with van der Waals surface area (Å²) in [5.41, 5.74) is 0.568. The van der Waals surface area contributed by atoms with E-state index in [1.165, 1.54) is 12.8 Å². The maximum atomic E-state index is 12.5. The van der Waals surface area contributed by atoms with Crippen molar-refractivity contribution < 1.29 is 9.53 Å². The fraction of sp³-hybridized carbons (Fsp3) is 0.471. The molecule has 0 spiro atoms. The van der Waals surface area contributed by atoms with E-state index in [0.717, 1.165) is 24.5 Å². The molecule has 0 unspecified atom stereocenters. The van der Waals surface area contributed by atoms with E-state index in [1.807, 2.05) is 36.7 Å². The first-order valence-corrected chi connectivity index (χ1v) is 8.02. The molecular formula is C17H22N4O2. The van der Waals surface area contributed by atoms with E-state index in [4.69, 9.17) is 4.74 Å². The van der Waals surface area contributed by atoms with Crippen molar-refractivity contribution in [2.75, 3.05) is 0 Å². The second-order valence-electron chi connectivity index (χ2n) is 5.96. The van der Waals surface area contributed by atoms with Gasteiger partial charge in [0.1, 0.15) is 18.2 Å². The van der Waals surface area contributed by atoms with E-state index in [0.29, 0.717) is 11.3 Å². The van der Waals surface area contributed by atoms with Gasteiger partial charge in [-0.05, 0) is 31.9 Å². The smallest absolute Gasteiger partial charge is 0.255 e. The molecule has 1 aromatic carbocycles. The summed E-state index contributed by atoms with van der Waals surface area (Å²) in [5, 5.41) is 11.2. The molecule has 1 aliphatic rings. The zero-order valence-corrected chi connectivity index (χ0v) is 13.6. The topological polar surface area (TPSA) is 69.0 Å². The fourth-order valence-electron chi connectivity index (χ4n) is 2.83. The van der Waals surface area contributed by atoms with Crippen LogP contribution in [0, 0.1) is 6.92 Å². The number of hydrogen-bond acceptors (Lipinski definition) is 4. The van der Waals surface area contributed by atoms with Crippen LogP contribution in [0.5, 0.6) is 5.75 Å². The first-order chi connectivity index (χ1) is 11.1. The Morgan fingerprint density at radius 3 is 2.74 bits per heavy atom. The van der Waals surface area contributed by atoms with E-state index >= 15 is 0 Å². The van der Waals surface area contributed by atoms with Gasteiger partial charge in [-0.2, -0.15) is 0 Å². The molecule has 122 valence electrons. The number of carbonyl (C=O) groups is 1. The Bertz CT molecular complexity index is 690. The summed E-state index contributed by atoms with van der Waals surface area (Å²) < 4.78 is 7.70. The number of hydrogen-bond donors (Lipinski definition) is 1. The largest absolute Gasteiger partial charge is 0.485 e. The summed E-state index contributed by atoms with van der Waals surface area (Å²) in [5.74, 6) is 2.06. The molecule has 1 aliphatic carbocycles. The SMILES string of the molecule is Cc1nnc(COc2ccccc2C(=O)NC2CCCC2)n1C. The minimum Gasteiger partial charge on any atom is -0.485 e. The first kappa shape index (κ1) is 15.5. The van der Waals surface area contributed by atoms with Crippen LogP contribution in [0.2, 0.25) is 0 Å². The molecule has 0 radical (unpaired) electrons. The highest BCUT2D eigenvalue weighted by Crippen LogP contribution is 2.22. The maximum Gasteiger partial charge on any atom is 0.255 e. The average molecular weight is 314 g/mol. The van der Waals surface area contributed by atoms with Gasteiger partial charge in [-0.3, -0.25) is 4.79 Å². The third-order valence-electron chi connectivity index (χ3n) is 4.36. The van der Waals surface area contributed by atoms with Crippen molar-refractivity contribution in [1.29, 1.82) is 0 Å². The van der Waals surface area contributed by atoms with E-state index in [-0.39, 0.29) is 18.6 Å². The monoisotopic (exact) mass is 314 g/mol. The number of benzene rings is 1. The Labute approximate surface area is 135 Å². The van der Waals surface area contributed by atoms with Crippen LogP contribution in [-0.4, -0.2) is 26.7 Å². The summed E-state index contributed by atoms with van der Waals surface area (Å²) in [4.78, 5) is 12.5. The molecule has 0 saturated heterocycles. The average Bonchev–Trinajstić information content (AvgIpc) is 3.17. The summed E-state index contributed by atoms with van der Waals surface area (Å²) >= 11 is 0. The number of nitrogens with one attached hydrogen (secondary N) is 1. The highest BCUT2D eigenvalue weighted by Gasteiger charge is 2.20. The number of carbonyl (C=O) groups excluding carboxylic acids is 1. The number of nitrogens with zero attached hydrogens (tertiary/aromatic N) is 3. The number of ether oxygens (including phenoxy) is 1. The standard InChI is InChI=1S/C17H22N4O2/c1-12-19-20-16(21(12)2)11-23-15-10-6-5-9-14(15)17(22)18-13-7-3-4-8-13/h5-6,9-10,13H,3-4,7-8,11H2,1-2H3,(H,18,22). The fourth-order valence-corrected chi connectivity index (χ4v) is 2.83. The van der Waals surface area contributed by atoms with E-state index in [2.05, 4.69) is 15.5 Å². The van der Waals surface area contributed by atoms with Crippen molar-refractivity contribution in [2.45, 2.75) is 45.3 Å². The molecule has 0 atom stereocenters. The molecule has 0 aliphatic heterocycles. The lowest BCUT2D eigenvalue weighted by molar-refractivity contribution is 0.0933. The normalized spacial score (nSPS) is 14.9. The number of aryl methyl sites for hydroxylation is 1. The molecule has 1 saturated carbocycles. The Balaban J connectivity index is 1.69. The van der Waals surface area contributed by atoms with Crippen molar-refractivity contribution in [3.63, 3.8) is 0 Å². The van der Waals surface area contributed by atoms with Crippen LogP contribution in [0.1, 0.15) is 47.7 Å². The molecule has 2 aromatic rings. The molecule has 1 heterocycles. The van der Waals surface area contributed by atoms with E-state index in [1.54, 1.807) is 6.07 Å². The summed E-state index contributed by atoms with van der Waals surface area (Å²) in [6, 6.07) is 7.61. The van der Waals surface area contributed by atoms with Gasteiger partial charge >= 0.3 is 0 Å². The van der Waals surface area contributed by atoms with Gasteiger partial charge in [0.2, 0.25) is 0 Å². The van der Waals surface area contributed by atoms with Gasteiger partial charge in [0.15, 0.2) is 5.82 Å². The van der Waals surface area contributed by atoms with Gasteiger partial charge < -0.3 is 14.6 Å². The Kier molecular flexibility index (Phi) is 4.60. The molecule has 1 N–H and O–H groups in total. The number of amides is 1. The van der Waals surface area contributed by atoms with E-state index in [9.17, 15) is 4.79 Å². The minimum atomic E-state index is -0.0679. The van der Waals surface area contributed by atoms with Crippen LogP contribution in [0.4, 0.5) is 0 Å². The van der Waals surface area contributed by atoms with Crippen molar-refractivity contribution in [2.24, 2.45) is 7.05 Å². The zero-order valence-electron chi connectivity index (χ0n) is 13.6. The van der Waals surface area contributed by atoms with Crippen LogP contribution < -0.4 is 10.1 Å². The van der Waals surface area contributed by atoms with Crippen LogP contribution in [0.15, 0.2) is 24.3 Å². The second-order valence-corrected chi connectivity index (χ2v) is 5.96. The minimum absolute atomic E-state index is 0.0679. The summed E-state index contributed by atoms with van der Waals surface area (Å²) in [6.45, 7) is 2.17. The molecular weight excluding hydrogens is 292 g/mol. The Hall–Kier alpha value is -2.37. The molecule has 6 nitrogen and oxygen atoms in total. The molecule has 1 fully saturated rings. The van der Waals surface area contributed by atoms with Crippen molar-refractivity contribution in [3.05, 3.63) is 41.5 Å². The summed E-state index contributed by atoms with van der Waals surface area (Å²) in [7, 11) is 1.90. The molecule has 6 heteroatoms. The zero-order chi connectivity index (χ0) is 16.2. The number of aromatic nitrogens is 3. The van der Waals surface area contributed by atoms with Crippen LogP contribution in [0.3, 0.4) is 0 Å². The van der Waals surface area contributed by atoms with E-state index < -0.39 is 0 Å². The van der Waals surface area contributed by atoms with Gasteiger partial charge in [-0.25, -0.2) is 0 Å². The lowest BCUT2D eigenvalue weighted by Gasteiger charge is -2.14. The molecule has 1 amide bonds. The van der Waals surface area contributed by atoms with Gasteiger partial charge in [-0.1, -0.05) is 25.0 Å². The van der Waals surface area contributed by atoms with Gasteiger partial charge in [0.25, 0.3) is 5.91 Å². The molecule has 0 bridgehead atoms. The Morgan fingerprint density at radius 2 is 2.04 bits per heavy atom. The highest BCUT2D eigenvalue weighted by atomic mass is 16.5. The van der Waals surface area contributed by atoms with Gasteiger partial charge in [0, 0.05) is 13.1 Å². The first-order valence-electron chi connectivity index (χ1n) is 8.02. The lowest BCUT2D eigenvalue weighted by Crippen LogP contribution is -2.32. The molecule has 1 aromatic heterocycles. The number of rotatable bonds is 5. The van der Waals surface area contributed by atoms with Crippen LogP contribution in [0.25, 0.3) is 0 Å². The van der Waals surface area contributed by atoms with Gasteiger partial charge in [0.05, 0.1) is 5.56 Å². The predicted octanol–water partition coefficient (Wildman–Crippen LogP) is 2.37. The maximum absolute atomic E-state index is 12.5. The second kappa shape index (κ2) is 6.81. The highest BCUT2D eigenvalue weighted by molar-refractivity contribution is 5.97. The third-order valence-corrected chi connectivity index (χ3v) is 4.36. The van der Waals surface area contributed by atoms with Gasteiger partial charge in [-0.15, -0.1) is 10.2 Å². The van der Waals surface area contributed by atoms with Crippen molar-refractivity contribution >= 4 is 5.91 Å². The Morgan fingerprint density at radius 1 is 1.30 bits per heavy atom. The lowest BCUT2D eigenvalue weighted by atomic mass is 10.1. The summed E-state index contributed by atoms with van der Waals surface area (Å²) in [6.07, 6.45) is 4.50. The quantitative estimate of drug-likeness (QED) is 0.920. The number of para-hydroxylation sites is 1. The van der Waals surface area contributed by atoms with Crippen molar-refractivity contribution in [1.82, 2.24) is 20.1 Å². The molecule has 23 heavy (non-hydrogen) atoms. The van der Waals surface area contributed by atoms with Crippen LogP contribution >= 0.6 is 0 Å². The predicted molar refractivity (Wildman–Crippen MR) is 86.2 cm³/mol. The molecule has 3 rings (SSSR count). The van der Waals surface area contributed by atoms with Crippen LogP contribution in [-0.2, 0) is 13.7 Å². The third kappa shape index (κ3) is 3.52.